The second-order valence-corrected chi connectivity index (χ2v) is 15.2. The highest BCUT2D eigenvalue weighted by atomic mass is 35.5. The standard InChI is InChI=1S/C29H30Cl3N7O9S2/c1-12(28(46)47)48-37-19(18-23(32)50-29(33)36-18)25(44)35-20-26(45)38-16(10-40)13(11-49-27(20)38)9-39(5-2-3-6-39)7-4-34-24(43)14-8-15(30)21(41)22(42)17(14)31/h8,10,12,20,27H,2-7,9,11H2,1H3,(H6-,33,34,35,36,37,41,42,43,44,46,47)/p+1/t12-,20+,27+/m0/s1. The Labute approximate surface area is 307 Å². The summed E-state index contributed by atoms with van der Waals surface area (Å²) in [6, 6.07) is 0.113. The Bertz CT molecular complexity index is 1820. The number of aliphatic carboxylic acids is 1. The Hall–Kier alpha value is -3.81. The first-order chi connectivity index (χ1) is 23.7. The maximum absolute atomic E-state index is 13.4. The first kappa shape index (κ1) is 37.4. The summed E-state index contributed by atoms with van der Waals surface area (Å²) < 4.78 is 0.542. The number of phenolic OH excluding ortho intramolecular Hbond substituents is 2. The molecule has 3 aliphatic rings. The number of anilines is 1. The van der Waals surface area contributed by atoms with E-state index in [1.807, 2.05) is 0 Å². The molecular weight excluding hydrogens is 761 g/mol. The van der Waals surface area contributed by atoms with E-state index in [0.29, 0.717) is 29.6 Å². The molecule has 3 atom stereocenters. The molecule has 7 N–H and O–H groups in total. The van der Waals surface area contributed by atoms with Gasteiger partial charge in [-0.15, -0.1) is 11.8 Å². The molecule has 2 fully saturated rings. The fourth-order valence-electron chi connectivity index (χ4n) is 5.90. The van der Waals surface area contributed by atoms with Crippen molar-refractivity contribution in [2.75, 3.05) is 44.2 Å². The van der Waals surface area contributed by atoms with Crippen LogP contribution < -0.4 is 16.4 Å². The van der Waals surface area contributed by atoms with Gasteiger partial charge in [0.25, 0.3) is 17.7 Å². The predicted octanol–water partition coefficient (Wildman–Crippen LogP) is 2.18. The molecule has 2 saturated heterocycles. The largest absolute Gasteiger partial charge is 0.503 e. The minimum Gasteiger partial charge on any atom is -0.503 e. The van der Waals surface area contributed by atoms with Gasteiger partial charge >= 0.3 is 5.97 Å². The molecular formula is C29H31Cl3N7O9S2+. The zero-order valence-corrected chi connectivity index (χ0v) is 30.1. The third-order valence-corrected chi connectivity index (χ3v) is 11.6. The summed E-state index contributed by atoms with van der Waals surface area (Å²) in [7, 11) is 0. The van der Waals surface area contributed by atoms with E-state index >= 15 is 0 Å². The van der Waals surface area contributed by atoms with E-state index in [-0.39, 0.29) is 43.0 Å². The van der Waals surface area contributed by atoms with E-state index in [9.17, 15) is 34.2 Å². The van der Waals surface area contributed by atoms with Gasteiger partial charge in [0, 0.05) is 24.2 Å². The number of amides is 3. The summed E-state index contributed by atoms with van der Waals surface area (Å²) in [5, 5.41) is 36.8. The van der Waals surface area contributed by atoms with Gasteiger partial charge in [-0.3, -0.25) is 24.1 Å². The van der Waals surface area contributed by atoms with Gasteiger partial charge in [0.15, 0.2) is 28.6 Å². The lowest BCUT2D eigenvalue weighted by molar-refractivity contribution is -0.911. The number of carbonyl (C=O) groups excluding carboxylic acids is 4. The number of benzene rings is 1. The number of halogens is 3. The smallest absolute Gasteiger partial charge is 0.347 e. The van der Waals surface area contributed by atoms with E-state index in [1.54, 1.807) is 0 Å². The number of likely N-dealkylation sites (tertiary alicyclic amines) is 1. The van der Waals surface area contributed by atoms with Gasteiger partial charge in [-0.05, 0) is 13.0 Å². The summed E-state index contributed by atoms with van der Waals surface area (Å²) in [4.78, 5) is 73.6. The van der Waals surface area contributed by atoms with Gasteiger partial charge in [0.1, 0.15) is 28.0 Å². The van der Waals surface area contributed by atoms with Crippen molar-refractivity contribution >= 4 is 98.7 Å². The normalized spacial score (nSPS) is 20.5. The van der Waals surface area contributed by atoms with E-state index in [4.69, 9.17) is 50.5 Å². The van der Waals surface area contributed by atoms with Crippen molar-refractivity contribution in [2.24, 2.45) is 5.16 Å². The van der Waals surface area contributed by atoms with E-state index < -0.39 is 58.4 Å². The van der Waals surface area contributed by atoms with Crippen LogP contribution in [0.5, 0.6) is 11.5 Å². The predicted molar refractivity (Wildman–Crippen MR) is 185 cm³/mol. The number of hydrogen-bond acceptors (Lipinski definition) is 13. The molecule has 3 amide bonds. The summed E-state index contributed by atoms with van der Waals surface area (Å²) >= 11 is 20.4. The van der Waals surface area contributed by atoms with Crippen molar-refractivity contribution < 1.29 is 48.6 Å². The van der Waals surface area contributed by atoms with Gasteiger partial charge < -0.3 is 41.0 Å². The minimum atomic E-state index is -1.41. The van der Waals surface area contributed by atoms with Crippen molar-refractivity contribution in [3.8, 4) is 11.5 Å². The molecule has 2 aromatic rings. The van der Waals surface area contributed by atoms with Crippen LogP contribution in [0.25, 0.3) is 0 Å². The highest BCUT2D eigenvalue weighted by Gasteiger charge is 2.53. The number of carboxylic acids is 1. The highest BCUT2D eigenvalue weighted by Crippen LogP contribution is 2.42. The molecule has 3 aliphatic heterocycles. The summed E-state index contributed by atoms with van der Waals surface area (Å²) in [6.45, 7) is 3.90. The molecule has 16 nitrogen and oxygen atoms in total. The first-order valence-electron chi connectivity index (χ1n) is 15.0. The monoisotopic (exact) mass is 790 g/mol. The molecule has 21 heteroatoms. The molecule has 4 heterocycles. The van der Waals surface area contributed by atoms with Crippen molar-refractivity contribution in [3.05, 3.63) is 43.0 Å². The van der Waals surface area contributed by atoms with Crippen LogP contribution in [-0.4, -0.2) is 121 Å². The SMILES string of the molecule is C[C@H](O/N=C(\C(=O)N[C@@H]1C(=O)N2C(C=O)=C(C[N+]3(CCNC(=O)c4cc(Cl)c(O)c(O)c4Cl)CCCC3)CS[C@H]12)c1nc(N)sc1Cl)C(=O)O. The number of thioether (sulfide) groups is 1. The van der Waals surface area contributed by atoms with Crippen LogP contribution in [0, 0.1) is 0 Å². The fraction of sp³-hybridized carbons (Fsp3) is 0.414. The zero-order chi connectivity index (χ0) is 36.5. The maximum Gasteiger partial charge on any atom is 0.347 e. The number of oxime groups is 1. The first-order valence-corrected chi connectivity index (χ1v) is 18.0. The molecule has 268 valence electrons. The quantitative estimate of drug-likeness (QED) is 0.0428. The molecule has 0 saturated carbocycles. The number of fused-ring (bicyclic) bond motifs is 1. The maximum atomic E-state index is 13.4. The summed E-state index contributed by atoms with van der Waals surface area (Å²) in [5.74, 6) is -4.31. The van der Waals surface area contributed by atoms with Crippen molar-refractivity contribution in [3.63, 3.8) is 0 Å². The molecule has 1 aromatic heterocycles. The zero-order valence-electron chi connectivity index (χ0n) is 26.2. The topological polar surface area (TPSA) is 234 Å². The van der Waals surface area contributed by atoms with Crippen LogP contribution in [0.4, 0.5) is 5.13 Å². The third kappa shape index (κ3) is 7.45. The van der Waals surface area contributed by atoms with Gasteiger partial charge in [0.05, 0.1) is 47.5 Å². The number of aldehydes is 1. The average molecular weight is 792 g/mol. The highest BCUT2D eigenvalue weighted by molar-refractivity contribution is 8.00. The number of β-lactam (4-membered cyclic amide) rings is 1. The van der Waals surface area contributed by atoms with Crippen LogP contribution in [0.15, 0.2) is 22.5 Å². The third-order valence-electron chi connectivity index (χ3n) is 8.51. The van der Waals surface area contributed by atoms with E-state index in [2.05, 4.69) is 20.8 Å². The Morgan fingerprint density at radius 1 is 1.24 bits per heavy atom. The molecule has 0 spiro atoms. The molecule has 0 radical (unpaired) electrons. The van der Waals surface area contributed by atoms with Crippen molar-refractivity contribution in [2.45, 2.75) is 37.3 Å². The van der Waals surface area contributed by atoms with Crippen molar-refractivity contribution in [1.82, 2.24) is 20.5 Å². The van der Waals surface area contributed by atoms with Crippen LogP contribution in [0.2, 0.25) is 14.4 Å². The van der Waals surface area contributed by atoms with Gasteiger partial charge in [-0.25, -0.2) is 9.78 Å². The number of thiazole rings is 1. The number of nitrogens with one attached hydrogen (secondary N) is 2. The number of rotatable bonds is 13. The lowest BCUT2D eigenvalue weighted by Crippen LogP contribution is -2.71. The second kappa shape index (κ2) is 15.2. The number of nitrogens with zero attached hydrogens (tertiary/aromatic N) is 4. The Balaban J connectivity index is 1.27. The molecule has 5 rings (SSSR count). The Morgan fingerprint density at radius 2 is 1.94 bits per heavy atom. The number of hydrogen-bond donors (Lipinski definition) is 6. The molecule has 1 aromatic carbocycles. The van der Waals surface area contributed by atoms with Crippen LogP contribution in [0.3, 0.4) is 0 Å². The van der Waals surface area contributed by atoms with E-state index in [0.717, 1.165) is 48.9 Å². The van der Waals surface area contributed by atoms with Gasteiger partial charge in [-0.2, -0.15) is 0 Å². The minimum absolute atomic E-state index is 0.00113. The summed E-state index contributed by atoms with van der Waals surface area (Å²) in [6.07, 6.45) is 1.06. The van der Waals surface area contributed by atoms with Crippen LogP contribution in [-0.2, 0) is 24.0 Å². The number of carboxylic acid groups (broad SMARTS) is 1. The van der Waals surface area contributed by atoms with Crippen LogP contribution in [0.1, 0.15) is 35.8 Å². The Kier molecular flexibility index (Phi) is 11.4. The number of aromatic hydroxyl groups is 2. The van der Waals surface area contributed by atoms with Gasteiger partial charge in [0.2, 0.25) is 6.10 Å². The van der Waals surface area contributed by atoms with Crippen LogP contribution >= 0.6 is 57.9 Å². The number of quaternary nitrogens is 1. The number of phenols is 2. The van der Waals surface area contributed by atoms with Gasteiger partial charge in [-0.1, -0.05) is 51.3 Å². The number of nitrogens with two attached hydrogens (primary N) is 1. The average Bonchev–Trinajstić information content (AvgIpc) is 3.68. The number of nitrogen functional groups attached to an aromatic ring is 1. The Morgan fingerprint density at radius 3 is 2.56 bits per heavy atom. The number of carbonyl (C=O) groups is 5. The molecule has 0 unspecified atom stereocenters. The molecule has 0 bridgehead atoms. The molecule has 50 heavy (non-hydrogen) atoms. The van der Waals surface area contributed by atoms with E-state index in [1.165, 1.54) is 23.6 Å². The number of allylic oxidation sites excluding steroid dienone is 1. The number of aromatic nitrogens is 1. The van der Waals surface area contributed by atoms with Crippen molar-refractivity contribution in [1.29, 1.82) is 0 Å². The molecule has 0 aliphatic carbocycles. The fourth-order valence-corrected chi connectivity index (χ4v) is 8.62. The summed E-state index contributed by atoms with van der Waals surface area (Å²) in [5.41, 5.74) is 5.95. The second-order valence-electron chi connectivity index (χ2n) is 11.7. The lowest BCUT2D eigenvalue weighted by atomic mass is 10.0. The lowest BCUT2D eigenvalue weighted by Gasteiger charge is -2.50.